The Morgan fingerprint density at radius 2 is 1.89 bits per heavy atom. The molecule has 0 spiro atoms. The van der Waals surface area contributed by atoms with E-state index in [2.05, 4.69) is 10.5 Å². The first kappa shape index (κ1) is 15.2. The minimum Gasteiger partial charge on any atom is -0.396 e. The molecule has 0 aromatic carbocycles. The molecule has 4 nitrogen and oxygen atoms in total. The molecule has 0 amide bonds. The first-order valence-corrected chi connectivity index (χ1v) is 6.80. The van der Waals surface area contributed by atoms with Gasteiger partial charge in [0.25, 0.3) is 0 Å². The molecule has 2 N–H and O–H groups in total. The van der Waals surface area contributed by atoms with Gasteiger partial charge in [-0.05, 0) is 51.6 Å². The van der Waals surface area contributed by atoms with Gasteiger partial charge >= 0.3 is 0 Å². The van der Waals surface area contributed by atoms with Gasteiger partial charge in [-0.1, -0.05) is 19.0 Å². The summed E-state index contributed by atoms with van der Waals surface area (Å²) in [5.74, 6) is 2.10. The number of aryl methyl sites for hydroxylation is 2. The highest BCUT2D eigenvalue weighted by molar-refractivity contribution is 5.26. The second-order valence-corrected chi connectivity index (χ2v) is 5.34. The Balaban J connectivity index is 0.000000280. The zero-order valence-corrected chi connectivity index (χ0v) is 12.0. The topological polar surface area (TPSA) is 58.3 Å². The maximum atomic E-state index is 8.14. The van der Waals surface area contributed by atoms with Gasteiger partial charge in [-0.15, -0.1) is 0 Å². The third-order valence-electron chi connectivity index (χ3n) is 3.20. The van der Waals surface area contributed by atoms with Crippen LogP contribution < -0.4 is 5.32 Å². The van der Waals surface area contributed by atoms with Crippen molar-refractivity contribution in [3.8, 4) is 0 Å². The molecule has 0 atom stereocenters. The summed E-state index contributed by atoms with van der Waals surface area (Å²) in [6.07, 6.45) is 2.42. The number of rotatable bonds is 2. The van der Waals surface area contributed by atoms with Crippen LogP contribution in [0.25, 0.3) is 0 Å². The molecule has 0 unspecified atom stereocenters. The van der Waals surface area contributed by atoms with Crippen molar-refractivity contribution in [2.24, 2.45) is 5.92 Å². The van der Waals surface area contributed by atoms with Gasteiger partial charge in [0.05, 0.1) is 5.69 Å². The van der Waals surface area contributed by atoms with E-state index in [1.54, 1.807) is 0 Å². The second-order valence-electron chi connectivity index (χ2n) is 5.34. The predicted molar refractivity (Wildman–Crippen MR) is 72.7 cm³/mol. The van der Waals surface area contributed by atoms with Crippen LogP contribution in [0.5, 0.6) is 0 Å². The van der Waals surface area contributed by atoms with Crippen molar-refractivity contribution < 1.29 is 9.63 Å². The number of hydrogen-bond donors (Lipinski definition) is 2. The second kappa shape index (κ2) is 7.54. The van der Waals surface area contributed by atoms with Gasteiger partial charge in [0.1, 0.15) is 5.76 Å². The summed E-state index contributed by atoms with van der Waals surface area (Å²) in [7, 11) is 0. The third-order valence-corrected chi connectivity index (χ3v) is 3.20. The van der Waals surface area contributed by atoms with E-state index in [9.17, 15) is 0 Å². The summed E-state index contributed by atoms with van der Waals surface area (Å²) in [5, 5.41) is 15.5. The summed E-state index contributed by atoms with van der Waals surface area (Å²) in [6.45, 7) is 10.5. The fourth-order valence-corrected chi connectivity index (χ4v) is 2.18. The molecule has 1 aromatic heterocycles. The molecule has 1 aromatic rings. The van der Waals surface area contributed by atoms with Gasteiger partial charge in [0.15, 0.2) is 0 Å². The van der Waals surface area contributed by atoms with E-state index < -0.39 is 0 Å². The molecular weight excluding hydrogens is 228 g/mol. The Hall–Kier alpha value is -0.870. The highest BCUT2D eigenvalue weighted by Gasteiger charge is 2.21. The lowest BCUT2D eigenvalue weighted by atomic mass is 9.89. The molecule has 2 heterocycles. The molecule has 0 radical (unpaired) electrons. The molecule has 0 bridgehead atoms. The number of piperidine rings is 1. The number of nitrogens with zero attached hydrogens (tertiary/aromatic N) is 1. The lowest BCUT2D eigenvalue weighted by Crippen LogP contribution is -2.27. The quantitative estimate of drug-likeness (QED) is 0.851. The summed E-state index contributed by atoms with van der Waals surface area (Å²) in [5.41, 5.74) is 2.42. The first-order valence-electron chi connectivity index (χ1n) is 6.80. The molecule has 18 heavy (non-hydrogen) atoms. The fourth-order valence-electron chi connectivity index (χ4n) is 2.18. The molecule has 4 heteroatoms. The van der Waals surface area contributed by atoms with Gasteiger partial charge in [0.2, 0.25) is 0 Å². The predicted octanol–water partition coefficient (Wildman–Crippen LogP) is 2.39. The Kier molecular flexibility index (Phi) is 6.36. The average Bonchev–Trinajstić information content (AvgIpc) is 2.71. The van der Waals surface area contributed by atoms with Crippen LogP contribution in [0.3, 0.4) is 0 Å². The Morgan fingerprint density at radius 1 is 1.33 bits per heavy atom. The highest BCUT2D eigenvalue weighted by Crippen LogP contribution is 2.29. The molecule has 0 aliphatic carbocycles. The number of aliphatic hydroxyl groups excluding tert-OH is 1. The molecular formula is C14H26N2O2. The Bertz CT molecular complexity index is 322. The van der Waals surface area contributed by atoms with E-state index in [1.165, 1.54) is 18.4 Å². The molecule has 1 fully saturated rings. The molecule has 1 aliphatic heterocycles. The van der Waals surface area contributed by atoms with Crippen molar-refractivity contribution in [3.05, 3.63) is 17.0 Å². The largest absolute Gasteiger partial charge is 0.396 e. The van der Waals surface area contributed by atoms with Gasteiger partial charge in [-0.2, -0.15) is 0 Å². The van der Waals surface area contributed by atoms with Crippen LogP contribution in [0, 0.1) is 19.8 Å². The number of aliphatic hydroxyl groups is 1. The minimum atomic E-state index is 0.306. The monoisotopic (exact) mass is 254 g/mol. The van der Waals surface area contributed by atoms with Crippen molar-refractivity contribution in [2.45, 2.75) is 46.5 Å². The SMILES string of the molecule is CC(C)CO.Cc1noc(C)c1C1CCNCC1. The van der Waals surface area contributed by atoms with E-state index in [1.807, 2.05) is 27.7 Å². The molecule has 0 saturated carbocycles. The summed E-state index contributed by atoms with van der Waals surface area (Å²) >= 11 is 0. The van der Waals surface area contributed by atoms with Crippen LogP contribution in [0.2, 0.25) is 0 Å². The van der Waals surface area contributed by atoms with Crippen LogP contribution >= 0.6 is 0 Å². The van der Waals surface area contributed by atoms with Crippen molar-refractivity contribution in [1.29, 1.82) is 0 Å². The smallest absolute Gasteiger partial charge is 0.137 e. The van der Waals surface area contributed by atoms with Crippen LogP contribution in [-0.4, -0.2) is 30.0 Å². The number of aromatic nitrogens is 1. The van der Waals surface area contributed by atoms with Gasteiger partial charge in [0, 0.05) is 12.2 Å². The minimum absolute atomic E-state index is 0.306. The van der Waals surface area contributed by atoms with Crippen molar-refractivity contribution >= 4 is 0 Å². The highest BCUT2D eigenvalue weighted by atomic mass is 16.5. The standard InChI is InChI=1S/C10H16N2O.C4H10O/c1-7-10(8(2)13-12-7)9-3-5-11-6-4-9;1-4(2)3-5/h9,11H,3-6H2,1-2H3;4-5H,3H2,1-2H3. The van der Waals surface area contributed by atoms with E-state index in [4.69, 9.17) is 9.63 Å². The van der Waals surface area contributed by atoms with Crippen molar-refractivity contribution in [2.75, 3.05) is 19.7 Å². The van der Waals surface area contributed by atoms with Gasteiger partial charge in [-0.3, -0.25) is 0 Å². The zero-order chi connectivity index (χ0) is 13.5. The number of hydrogen-bond acceptors (Lipinski definition) is 4. The fraction of sp³-hybridized carbons (Fsp3) is 0.786. The first-order chi connectivity index (χ1) is 8.56. The van der Waals surface area contributed by atoms with Crippen LogP contribution in [-0.2, 0) is 0 Å². The van der Waals surface area contributed by atoms with E-state index in [0.29, 0.717) is 18.4 Å². The lowest BCUT2D eigenvalue weighted by Gasteiger charge is -2.22. The third kappa shape index (κ3) is 4.42. The van der Waals surface area contributed by atoms with E-state index in [-0.39, 0.29) is 0 Å². The van der Waals surface area contributed by atoms with Gasteiger partial charge in [-0.25, -0.2) is 0 Å². The van der Waals surface area contributed by atoms with E-state index >= 15 is 0 Å². The van der Waals surface area contributed by atoms with Crippen molar-refractivity contribution in [3.63, 3.8) is 0 Å². The van der Waals surface area contributed by atoms with Crippen LogP contribution in [0.15, 0.2) is 4.52 Å². The number of nitrogens with one attached hydrogen (secondary N) is 1. The Morgan fingerprint density at radius 3 is 2.28 bits per heavy atom. The normalized spacial score (nSPS) is 16.6. The summed E-state index contributed by atoms with van der Waals surface area (Å²) < 4.78 is 5.18. The zero-order valence-electron chi connectivity index (χ0n) is 12.0. The molecule has 1 saturated heterocycles. The average molecular weight is 254 g/mol. The van der Waals surface area contributed by atoms with Crippen LogP contribution in [0.4, 0.5) is 0 Å². The molecule has 104 valence electrons. The summed E-state index contributed by atoms with van der Waals surface area (Å²) in [4.78, 5) is 0. The van der Waals surface area contributed by atoms with Crippen LogP contribution in [0.1, 0.15) is 49.6 Å². The van der Waals surface area contributed by atoms with E-state index in [0.717, 1.165) is 24.5 Å². The lowest BCUT2D eigenvalue weighted by molar-refractivity contribution is 0.248. The van der Waals surface area contributed by atoms with Crippen molar-refractivity contribution in [1.82, 2.24) is 10.5 Å². The maximum absolute atomic E-state index is 8.14. The summed E-state index contributed by atoms with van der Waals surface area (Å²) in [6, 6.07) is 0. The van der Waals surface area contributed by atoms with Gasteiger partial charge < -0.3 is 14.9 Å². The molecule has 1 aliphatic rings. The maximum Gasteiger partial charge on any atom is 0.137 e. The molecule has 2 rings (SSSR count). The Labute approximate surface area is 110 Å².